The SMILES string of the molecule is COC(=O)c1c(CN2CCC(C3OCCO3)CC2)nc2ccccc2c1-c1ccccc1. The van der Waals surface area contributed by atoms with Crippen LogP contribution in [0, 0.1) is 5.92 Å². The topological polar surface area (TPSA) is 60.9 Å². The van der Waals surface area contributed by atoms with Crippen LogP contribution in [0.5, 0.6) is 0 Å². The number of rotatable bonds is 5. The fourth-order valence-electron chi connectivity index (χ4n) is 4.85. The van der Waals surface area contributed by atoms with Gasteiger partial charge >= 0.3 is 5.97 Å². The minimum Gasteiger partial charge on any atom is -0.465 e. The Bertz CT molecular complexity index is 1090. The molecule has 5 rings (SSSR count). The summed E-state index contributed by atoms with van der Waals surface area (Å²) in [6.07, 6.45) is 1.96. The number of ether oxygens (including phenoxy) is 3. The lowest BCUT2D eigenvalue weighted by atomic mass is 9.93. The molecule has 0 aliphatic carbocycles. The van der Waals surface area contributed by atoms with Crippen molar-refractivity contribution in [2.24, 2.45) is 5.92 Å². The van der Waals surface area contributed by atoms with E-state index in [9.17, 15) is 4.79 Å². The summed E-state index contributed by atoms with van der Waals surface area (Å²) >= 11 is 0. The molecule has 0 amide bonds. The summed E-state index contributed by atoms with van der Waals surface area (Å²) in [5.74, 6) is 0.0815. The molecule has 166 valence electrons. The van der Waals surface area contributed by atoms with Crippen LogP contribution in [0.3, 0.4) is 0 Å². The van der Waals surface area contributed by atoms with Gasteiger partial charge in [-0.05, 0) is 37.6 Å². The second-order valence-electron chi connectivity index (χ2n) is 8.41. The molecule has 1 aromatic heterocycles. The number of methoxy groups -OCH3 is 1. The summed E-state index contributed by atoms with van der Waals surface area (Å²) in [5.41, 5.74) is 4.09. The molecule has 3 heterocycles. The van der Waals surface area contributed by atoms with E-state index in [2.05, 4.69) is 4.90 Å². The first-order valence-corrected chi connectivity index (χ1v) is 11.3. The molecule has 2 aromatic carbocycles. The predicted molar refractivity (Wildman–Crippen MR) is 122 cm³/mol. The van der Waals surface area contributed by atoms with Crippen LogP contribution in [0.4, 0.5) is 0 Å². The number of hydrogen-bond acceptors (Lipinski definition) is 6. The molecule has 2 aliphatic rings. The number of piperidine rings is 1. The van der Waals surface area contributed by atoms with Crippen molar-refractivity contribution >= 4 is 16.9 Å². The fraction of sp³-hybridized carbons (Fsp3) is 0.385. The van der Waals surface area contributed by atoms with Gasteiger partial charge in [-0.2, -0.15) is 0 Å². The van der Waals surface area contributed by atoms with Crippen LogP contribution < -0.4 is 0 Å². The van der Waals surface area contributed by atoms with Crippen LogP contribution in [0.1, 0.15) is 28.9 Å². The number of aromatic nitrogens is 1. The summed E-state index contributed by atoms with van der Waals surface area (Å²) < 4.78 is 16.7. The Labute approximate surface area is 188 Å². The predicted octanol–water partition coefficient (Wildman–Crippen LogP) is 4.27. The molecular formula is C26H28N2O4. The normalized spacial score (nSPS) is 18.3. The number of fused-ring (bicyclic) bond motifs is 1. The van der Waals surface area contributed by atoms with E-state index in [1.165, 1.54) is 7.11 Å². The highest BCUT2D eigenvalue weighted by Crippen LogP contribution is 2.35. The third kappa shape index (κ3) is 4.13. The van der Waals surface area contributed by atoms with Crippen molar-refractivity contribution in [2.75, 3.05) is 33.4 Å². The van der Waals surface area contributed by atoms with Crippen molar-refractivity contribution in [2.45, 2.75) is 25.7 Å². The number of benzene rings is 2. The van der Waals surface area contributed by atoms with Crippen LogP contribution >= 0.6 is 0 Å². The zero-order valence-electron chi connectivity index (χ0n) is 18.3. The maximum Gasteiger partial charge on any atom is 0.340 e. The maximum atomic E-state index is 13.0. The second kappa shape index (κ2) is 9.36. The first kappa shape index (κ1) is 21.1. The van der Waals surface area contributed by atoms with E-state index in [4.69, 9.17) is 19.2 Å². The molecule has 0 spiro atoms. The van der Waals surface area contributed by atoms with Gasteiger partial charge in [0.05, 0.1) is 37.1 Å². The minimum absolute atomic E-state index is 0.0637. The van der Waals surface area contributed by atoms with E-state index in [0.29, 0.717) is 31.2 Å². The summed E-state index contributed by atoms with van der Waals surface area (Å²) in [7, 11) is 1.43. The Morgan fingerprint density at radius 2 is 1.72 bits per heavy atom. The standard InChI is InChI=1S/C26H28N2O4/c1-30-25(29)24-22(17-28-13-11-19(12-14-28)26-31-15-16-32-26)27-21-10-6-5-9-20(21)23(24)18-7-3-2-4-8-18/h2-10,19,26H,11-17H2,1H3. The summed E-state index contributed by atoms with van der Waals surface area (Å²) in [5, 5.41) is 0.956. The fourth-order valence-corrected chi connectivity index (χ4v) is 4.85. The average molecular weight is 433 g/mol. The zero-order valence-corrected chi connectivity index (χ0v) is 18.3. The van der Waals surface area contributed by atoms with Crippen molar-refractivity contribution in [1.29, 1.82) is 0 Å². The van der Waals surface area contributed by atoms with Crippen molar-refractivity contribution in [3.63, 3.8) is 0 Å². The van der Waals surface area contributed by atoms with Gasteiger partial charge in [0.15, 0.2) is 6.29 Å². The lowest BCUT2D eigenvalue weighted by Gasteiger charge is -2.34. The molecule has 0 radical (unpaired) electrons. The second-order valence-corrected chi connectivity index (χ2v) is 8.41. The molecule has 2 aliphatic heterocycles. The minimum atomic E-state index is -0.347. The largest absolute Gasteiger partial charge is 0.465 e. The molecule has 0 atom stereocenters. The number of likely N-dealkylation sites (tertiary alicyclic amines) is 1. The van der Waals surface area contributed by atoms with Crippen molar-refractivity contribution in [3.8, 4) is 11.1 Å². The first-order valence-electron chi connectivity index (χ1n) is 11.3. The van der Waals surface area contributed by atoms with E-state index in [1.54, 1.807) is 0 Å². The zero-order chi connectivity index (χ0) is 21.9. The number of hydrogen-bond donors (Lipinski definition) is 0. The highest BCUT2D eigenvalue weighted by Gasteiger charge is 2.31. The lowest BCUT2D eigenvalue weighted by molar-refractivity contribution is -0.0978. The summed E-state index contributed by atoms with van der Waals surface area (Å²) in [4.78, 5) is 20.3. The van der Waals surface area contributed by atoms with Crippen molar-refractivity contribution < 1.29 is 19.0 Å². The number of nitrogens with zero attached hydrogens (tertiary/aromatic N) is 2. The van der Waals surface area contributed by atoms with Gasteiger partial charge < -0.3 is 14.2 Å². The Hall–Kier alpha value is -2.80. The Balaban J connectivity index is 1.51. The molecule has 0 unspecified atom stereocenters. The van der Waals surface area contributed by atoms with Crippen molar-refractivity contribution in [1.82, 2.24) is 9.88 Å². The van der Waals surface area contributed by atoms with E-state index < -0.39 is 0 Å². The van der Waals surface area contributed by atoms with Crippen LogP contribution in [0.25, 0.3) is 22.0 Å². The van der Waals surface area contributed by atoms with E-state index in [-0.39, 0.29) is 12.3 Å². The summed E-state index contributed by atoms with van der Waals surface area (Å²) in [6.45, 7) is 3.83. The third-order valence-corrected chi connectivity index (χ3v) is 6.46. The van der Waals surface area contributed by atoms with Crippen molar-refractivity contribution in [3.05, 3.63) is 65.9 Å². The quantitative estimate of drug-likeness (QED) is 0.561. The molecule has 0 N–H and O–H groups in total. The van der Waals surface area contributed by atoms with Crippen LogP contribution in [-0.4, -0.2) is 55.6 Å². The number of pyridine rings is 1. The number of carbonyl (C=O) groups is 1. The Kier molecular flexibility index (Phi) is 6.17. The number of esters is 1. The van der Waals surface area contributed by atoms with Gasteiger partial charge in [-0.1, -0.05) is 48.5 Å². The number of carbonyl (C=O) groups excluding carboxylic acids is 1. The molecule has 6 heteroatoms. The molecule has 6 nitrogen and oxygen atoms in total. The Morgan fingerprint density at radius 3 is 2.44 bits per heavy atom. The molecule has 2 saturated heterocycles. The molecular weight excluding hydrogens is 404 g/mol. The molecule has 0 bridgehead atoms. The lowest BCUT2D eigenvalue weighted by Crippen LogP contribution is -2.38. The Morgan fingerprint density at radius 1 is 1.03 bits per heavy atom. The highest BCUT2D eigenvalue weighted by atomic mass is 16.7. The van der Waals surface area contributed by atoms with E-state index in [1.807, 2.05) is 54.6 Å². The third-order valence-electron chi connectivity index (χ3n) is 6.46. The molecule has 3 aromatic rings. The smallest absolute Gasteiger partial charge is 0.340 e. The van der Waals surface area contributed by atoms with Gasteiger partial charge in [-0.15, -0.1) is 0 Å². The average Bonchev–Trinajstić information content (AvgIpc) is 3.39. The maximum absolute atomic E-state index is 13.0. The van der Waals surface area contributed by atoms with E-state index in [0.717, 1.165) is 53.7 Å². The monoisotopic (exact) mass is 432 g/mol. The molecule has 32 heavy (non-hydrogen) atoms. The van der Waals surface area contributed by atoms with Gasteiger partial charge in [0.2, 0.25) is 0 Å². The highest BCUT2D eigenvalue weighted by molar-refractivity contribution is 6.07. The molecule has 0 saturated carbocycles. The van der Waals surface area contributed by atoms with E-state index >= 15 is 0 Å². The van der Waals surface area contributed by atoms with Crippen LogP contribution in [-0.2, 0) is 20.8 Å². The first-order chi connectivity index (χ1) is 15.7. The van der Waals surface area contributed by atoms with Gasteiger partial charge in [-0.25, -0.2) is 4.79 Å². The van der Waals surface area contributed by atoms with Gasteiger partial charge in [-0.3, -0.25) is 9.88 Å². The van der Waals surface area contributed by atoms with Crippen LogP contribution in [0.15, 0.2) is 54.6 Å². The summed E-state index contributed by atoms with van der Waals surface area (Å²) in [6, 6.07) is 18.0. The van der Waals surface area contributed by atoms with Gasteiger partial charge in [0, 0.05) is 23.4 Å². The number of para-hydroxylation sites is 1. The van der Waals surface area contributed by atoms with Gasteiger partial charge in [0.25, 0.3) is 0 Å². The molecule has 2 fully saturated rings. The van der Waals surface area contributed by atoms with Crippen LogP contribution in [0.2, 0.25) is 0 Å². The van der Waals surface area contributed by atoms with Gasteiger partial charge in [0.1, 0.15) is 0 Å².